The van der Waals surface area contributed by atoms with Crippen LogP contribution in [0.15, 0.2) is 76.0 Å². The number of aliphatic imine (C=N–C) groups is 2. The molecule has 0 bridgehead atoms. The first-order valence-electron chi connectivity index (χ1n) is 11.5. The second kappa shape index (κ2) is 11.3. The van der Waals surface area contributed by atoms with Crippen LogP contribution in [-0.2, 0) is 27.5 Å². The number of hydrogen-bond acceptors (Lipinski definition) is 7. The number of amides is 3. The van der Waals surface area contributed by atoms with Gasteiger partial charge in [-0.2, -0.15) is 0 Å². The fourth-order valence-electron chi connectivity index (χ4n) is 3.90. The predicted molar refractivity (Wildman–Crippen MR) is 147 cm³/mol. The maximum absolute atomic E-state index is 13.3. The third-order valence-corrected chi connectivity index (χ3v) is 7.92. The Morgan fingerprint density at radius 2 is 1.78 bits per heavy atom. The fourth-order valence-corrected chi connectivity index (χ4v) is 5.57. The molecule has 8 nitrogen and oxygen atoms in total. The molecule has 1 atom stereocenters. The largest absolute Gasteiger partial charge is 0.351 e. The van der Waals surface area contributed by atoms with Crippen LogP contribution in [0, 0.1) is 0 Å². The smallest absolute Gasteiger partial charge is 0.259 e. The van der Waals surface area contributed by atoms with Crippen molar-refractivity contribution in [2.24, 2.45) is 9.98 Å². The Morgan fingerprint density at radius 1 is 1.00 bits per heavy atom. The number of thiophene rings is 1. The minimum absolute atomic E-state index is 0.0501. The van der Waals surface area contributed by atoms with Crippen molar-refractivity contribution < 1.29 is 14.4 Å². The summed E-state index contributed by atoms with van der Waals surface area (Å²) in [6, 6.07) is 17.7. The van der Waals surface area contributed by atoms with Gasteiger partial charge >= 0.3 is 0 Å². The maximum atomic E-state index is 13.3. The number of hydrogen-bond donors (Lipinski definition) is 2. The molecule has 0 radical (unpaired) electrons. The summed E-state index contributed by atoms with van der Waals surface area (Å²) in [5.74, 6) is -0.311. The Balaban J connectivity index is 1.26. The maximum Gasteiger partial charge on any atom is 0.259 e. The topological polar surface area (TPSA) is 103 Å². The van der Waals surface area contributed by atoms with E-state index in [1.807, 2.05) is 60.0 Å². The third kappa shape index (κ3) is 5.76. The number of amidine groups is 2. The van der Waals surface area contributed by atoms with Crippen LogP contribution < -0.4 is 10.6 Å². The number of nitrogens with zero attached hydrogens (tertiary/aromatic N) is 3. The summed E-state index contributed by atoms with van der Waals surface area (Å²) in [6.45, 7) is 0.707. The highest BCUT2D eigenvalue weighted by molar-refractivity contribution is 8.14. The van der Waals surface area contributed by atoms with Crippen molar-refractivity contribution in [3.05, 3.63) is 87.1 Å². The summed E-state index contributed by atoms with van der Waals surface area (Å²) < 4.78 is 0. The average molecular weight is 552 g/mol. The lowest BCUT2D eigenvalue weighted by Crippen LogP contribution is -2.42. The molecule has 0 spiro atoms. The van der Waals surface area contributed by atoms with Crippen molar-refractivity contribution in [1.29, 1.82) is 0 Å². The Kier molecular flexibility index (Phi) is 7.68. The summed E-state index contributed by atoms with van der Waals surface area (Å²) in [7, 11) is 0. The van der Waals surface area contributed by atoms with Crippen LogP contribution >= 0.6 is 34.7 Å². The van der Waals surface area contributed by atoms with E-state index >= 15 is 0 Å². The van der Waals surface area contributed by atoms with Crippen LogP contribution in [0.1, 0.15) is 22.4 Å². The SMILES string of the molecule is O=C(CSC1=Nc2ccccc2C2=NC(CC(=O)NCc3cccs3)C(=O)N12)NCc1ccccc1Cl. The van der Waals surface area contributed by atoms with Gasteiger partial charge in [0.2, 0.25) is 11.8 Å². The number of benzene rings is 2. The summed E-state index contributed by atoms with van der Waals surface area (Å²) in [6.07, 6.45) is -0.0668. The molecule has 0 fully saturated rings. The van der Waals surface area contributed by atoms with Gasteiger partial charge < -0.3 is 10.6 Å². The zero-order valence-corrected chi connectivity index (χ0v) is 21.9. The highest BCUT2D eigenvalue weighted by atomic mass is 35.5. The quantitative estimate of drug-likeness (QED) is 0.439. The van der Waals surface area contributed by atoms with Gasteiger partial charge in [-0.15, -0.1) is 11.3 Å². The first kappa shape index (κ1) is 25.2. The lowest BCUT2D eigenvalue weighted by Gasteiger charge is -2.25. The van der Waals surface area contributed by atoms with Crippen molar-refractivity contribution in [1.82, 2.24) is 15.5 Å². The Labute approximate surface area is 226 Å². The minimum atomic E-state index is -0.857. The molecule has 0 aliphatic carbocycles. The highest BCUT2D eigenvalue weighted by Gasteiger charge is 2.42. The van der Waals surface area contributed by atoms with Gasteiger partial charge in [-0.1, -0.05) is 59.8 Å². The summed E-state index contributed by atoms with van der Waals surface area (Å²) in [5.41, 5.74) is 2.19. The van der Waals surface area contributed by atoms with Gasteiger partial charge in [0, 0.05) is 22.0 Å². The Hall–Kier alpha value is -3.47. The van der Waals surface area contributed by atoms with E-state index in [0.29, 0.717) is 40.4 Å². The van der Waals surface area contributed by atoms with E-state index in [2.05, 4.69) is 20.6 Å². The van der Waals surface area contributed by atoms with Crippen LogP contribution in [0.3, 0.4) is 0 Å². The molecule has 2 aromatic carbocycles. The number of fused-ring (bicyclic) bond motifs is 3. The van der Waals surface area contributed by atoms with Crippen molar-refractivity contribution in [3.8, 4) is 0 Å². The number of carbonyl (C=O) groups excluding carboxylic acids is 3. The molecular formula is C26H22ClN5O3S2. The standard InChI is InChI=1S/C26H22ClN5O3S2/c27-19-9-3-1-6-16(19)13-28-23(34)15-37-26-31-20-10-4-2-8-18(20)24-30-21(25(35)32(24)26)12-22(33)29-14-17-7-5-11-36-17/h1-11,21H,12-15H2,(H,28,34)(H,29,33). The second-order valence-electron chi connectivity index (χ2n) is 8.27. The molecule has 37 heavy (non-hydrogen) atoms. The van der Waals surface area contributed by atoms with Crippen LogP contribution in [0.4, 0.5) is 5.69 Å². The number of carbonyl (C=O) groups is 3. The van der Waals surface area contributed by atoms with E-state index in [1.165, 1.54) is 4.90 Å². The first-order chi connectivity index (χ1) is 18.0. The number of nitrogens with one attached hydrogen (secondary N) is 2. The molecule has 3 heterocycles. The molecule has 0 saturated carbocycles. The average Bonchev–Trinajstić information content (AvgIpc) is 3.54. The molecule has 1 unspecified atom stereocenters. The zero-order chi connectivity index (χ0) is 25.8. The molecule has 5 rings (SSSR count). The lowest BCUT2D eigenvalue weighted by molar-refractivity contribution is -0.128. The molecule has 188 valence electrons. The van der Waals surface area contributed by atoms with Gasteiger partial charge in [0.25, 0.3) is 5.91 Å². The number of rotatable bonds is 8. The molecule has 0 saturated heterocycles. The lowest BCUT2D eigenvalue weighted by atomic mass is 10.1. The van der Waals surface area contributed by atoms with E-state index < -0.39 is 6.04 Å². The minimum Gasteiger partial charge on any atom is -0.351 e. The van der Waals surface area contributed by atoms with Crippen LogP contribution in [0.2, 0.25) is 5.02 Å². The Morgan fingerprint density at radius 3 is 2.59 bits per heavy atom. The molecule has 2 N–H and O–H groups in total. The first-order valence-corrected chi connectivity index (χ1v) is 13.8. The van der Waals surface area contributed by atoms with E-state index in [0.717, 1.165) is 22.2 Å². The van der Waals surface area contributed by atoms with E-state index in [4.69, 9.17) is 11.6 Å². The molecule has 11 heteroatoms. The zero-order valence-electron chi connectivity index (χ0n) is 19.5. The monoisotopic (exact) mass is 551 g/mol. The van der Waals surface area contributed by atoms with E-state index in [9.17, 15) is 14.4 Å². The van der Waals surface area contributed by atoms with Crippen molar-refractivity contribution >= 4 is 69.1 Å². The Bertz CT molecular complexity index is 1410. The molecule has 3 amide bonds. The molecule has 1 aromatic heterocycles. The van der Waals surface area contributed by atoms with Gasteiger partial charge in [-0.25, -0.2) is 9.89 Å². The van der Waals surface area contributed by atoms with Gasteiger partial charge in [0.15, 0.2) is 5.17 Å². The van der Waals surface area contributed by atoms with Crippen molar-refractivity contribution in [2.45, 2.75) is 25.6 Å². The molecule has 2 aliphatic heterocycles. The van der Waals surface area contributed by atoms with Crippen molar-refractivity contribution in [3.63, 3.8) is 0 Å². The van der Waals surface area contributed by atoms with Crippen molar-refractivity contribution in [2.75, 3.05) is 5.75 Å². The second-order valence-corrected chi connectivity index (χ2v) is 10.7. The fraction of sp³-hybridized carbons (Fsp3) is 0.192. The summed E-state index contributed by atoms with van der Waals surface area (Å²) in [4.78, 5) is 50.1. The van der Waals surface area contributed by atoms with E-state index in [-0.39, 0.29) is 29.9 Å². The van der Waals surface area contributed by atoms with Gasteiger partial charge in [-0.3, -0.25) is 19.4 Å². The van der Waals surface area contributed by atoms with Gasteiger partial charge in [-0.05, 0) is 35.2 Å². The van der Waals surface area contributed by atoms with Crippen LogP contribution in [0.25, 0.3) is 0 Å². The third-order valence-electron chi connectivity index (χ3n) is 5.73. The summed E-state index contributed by atoms with van der Waals surface area (Å²) in [5, 5.41) is 8.58. The number of halogens is 1. The molecule has 2 aliphatic rings. The number of thioether (sulfide) groups is 1. The molecule has 3 aromatic rings. The predicted octanol–water partition coefficient (Wildman–Crippen LogP) is 4.12. The van der Waals surface area contributed by atoms with Crippen LogP contribution in [0.5, 0.6) is 0 Å². The van der Waals surface area contributed by atoms with Crippen LogP contribution in [-0.4, -0.2) is 45.4 Å². The molecular weight excluding hydrogens is 530 g/mol. The van der Waals surface area contributed by atoms with Gasteiger partial charge in [0.05, 0.1) is 24.4 Å². The van der Waals surface area contributed by atoms with E-state index in [1.54, 1.807) is 17.4 Å². The number of para-hydroxylation sites is 1. The van der Waals surface area contributed by atoms with Gasteiger partial charge in [0.1, 0.15) is 11.9 Å². The summed E-state index contributed by atoms with van der Waals surface area (Å²) >= 11 is 8.87. The normalized spacial score (nSPS) is 16.0. The highest BCUT2D eigenvalue weighted by Crippen LogP contribution is 2.34.